The topological polar surface area (TPSA) is 110 Å². The van der Waals surface area contributed by atoms with Crippen molar-refractivity contribution in [3.8, 4) is 28.1 Å². The van der Waals surface area contributed by atoms with E-state index in [0.29, 0.717) is 59.5 Å². The van der Waals surface area contributed by atoms with E-state index in [2.05, 4.69) is 9.88 Å². The highest BCUT2D eigenvalue weighted by atomic mass is 19.1. The number of nitrogens with zero attached hydrogens (tertiary/aromatic N) is 5. The number of halogens is 1. The van der Waals surface area contributed by atoms with Crippen molar-refractivity contribution in [2.75, 3.05) is 37.7 Å². The van der Waals surface area contributed by atoms with Gasteiger partial charge in [0.2, 0.25) is 5.91 Å². The Kier molecular flexibility index (Phi) is 8.93. The molecular formula is C37H44FN5O5. The lowest BCUT2D eigenvalue weighted by Crippen LogP contribution is -2.33. The van der Waals surface area contributed by atoms with Crippen molar-refractivity contribution in [2.24, 2.45) is 7.05 Å². The van der Waals surface area contributed by atoms with Gasteiger partial charge < -0.3 is 28.9 Å². The number of carboxylic acids is 1. The predicted octanol–water partition coefficient (Wildman–Crippen LogP) is 6.38. The van der Waals surface area contributed by atoms with Crippen LogP contribution in [0.15, 0.2) is 30.5 Å². The number of ether oxygens (including phenoxy) is 2. The standard InChI is InChI=1S/C37H44FN5O5/c1-21-25-10-8-17-47-33(25)28(38)19-26(21)32-27-20-29(24-11-12-39-30(18-24)43-14-9-13-42(15-16-43)23(3)44)41(7)35(27)40-22(2)31(32)34(36(45)46)48-37(4,5)6/h11-12,18-20,34H,8-10,13-17H2,1-7H3,(H,45,46). The molecule has 254 valence electrons. The summed E-state index contributed by atoms with van der Waals surface area (Å²) in [6.07, 6.45) is 2.71. The Morgan fingerprint density at radius 2 is 1.85 bits per heavy atom. The molecule has 6 rings (SSSR count). The molecule has 3 aromatic heterocycles. The average Bonchev–Trinajstić information content (AvgIpc) is 3.19. The molecule has 0 saturated carbocycles. The van der Waals surface area contributed by atoms with Crippen LogP contribution in [-0.2, 0) is 27.8 Å². The Balaban J connectivity index is 1.57. The van der Waals surface area contributed by atoms with Crippen LogP contribution in [-0.4, -0.2) is 74.8 Å². The van der Waals surface area contributed by atoms with Crippen LogP contribution in [0.2, 0.25) is 0 Å². The number of hydrogen-bond acceptors (Lipinski definition) is 7. The van der Waals surface area contributed by atoms with E-state index < -0.39 is 23.5 Å². The van der Waals surface area contributed by atoms with Crippen molar-refractivity contribution in [3.63, 3.8) is 0 Å². The van der Waals surface area contributed by atoms with Gasteiger partial charge in [0, 0.05) is 79.7 Å². The van der Waals surface area contributed by atoms with E-state index in [1.165, 1.54) is 6.07 Å². The van der Waals surface area contributed by atoms with Crippen LogP contribution in [0.3, 0.4) is 0 Å². The molecule has 1 fully saturated rings. The molecule has 0 spiro atoms. The number of anilines is 1. The van der Waals surface area contributed by atoms with Crippen molar-refractivity contribution < 1.29 is 28.6 Å². The maximum Gasteiger partial charge on any atom is 0.337 e. The number of pyridine rings is 2. The summed E-state index contributed by atoms with van der Waals surface area (Å²) >= 11 is 0. The average molecular weight is 658 g/mol. The molecule has 1 aromatic carbocycles. The van der Waals surface area contributed by atoms with Crippen LogP contribution in [0.25, 0.3) is 33.4 Å². The van der Waals surface area contributed by atoms with E-state index in [4.69, 9.17) is 14.5 Å². The molecule has 0 bridgehead atoms. The monoisotopic (exact) mass is 657 g/mol. The number of carbonyl (C=O) groups is 2. The molecular weight excluding hydrogens is 613 g/mol. The number of benzene rings is 1. The third-order valence-corrected chi connectivity index (χ3v) is 9.37. The summed E-state index contributed by atoms with van der Waals surface area (Å²) in [5, 5.41) is 11.2. The fourth-order valence-corrected chi connectivity index (χ4v) is 7.06. The minimum atomic E-state index is -1.35. The van der Waals surface area contributed by atoms with Crippen molar-refractivity contribution in [2.45, 2.75) is 72.5 Å². The van der Waals surface area contributed by atoms with E-state index in [1.807, 2.05) is 62.4 Å². The van der Waals surface area contributed by atoms with Crippen molar-refractivity contribution >= 4 is 28.7 Å². The number of aliphatic carboxylic acids is 1. The summed E-state index contributed by atoms with van der Waals surface area (Å²) in [7, 11) is 1.93. The fraction of sp³-hybridized carbons (Fsp3) is 0.459. The number of rotatable bonds is 6. The summed E-state index contributed by atoms with van der Waals surface area (Å²) in [6.45, 7) is 14.0. The number of carboxylic acid groups (broad SMARTS) is 1. The molecule has 11 heteroatoms. The highest BCUT2D eigenvalue weighted by Crippen LogP contribution is 2.45. The van der Waals surface area contributed by atoms with Crippen LogP contribution in [0.1, 0.15) is 69.0 Å². The highest BCUT2D eigenvalue weighted by Gasteiger charge is 2.34. The zero-order valence-corrected chi connectivity index (χ0v) is 28.8. The molecule has 0 radical (unpaired) electrons. The molecule has 1 N–H and O–H groups in total. The molecule has 2 aliphatic rings. The van der Waals surface area contributed by atoms with Gasteiger partial charge in [0.1, 0.15) is 11.5 Å². The minimum absolute atomic E-state index is 0.0756. The SMILES string of the molecule is CC(=O)N1CCCN(c2cc(-c3cc4c(-c5cc(F)c6c(c5C)CCCO6)c(C(OC(C)(C)C)C(=O)O)c(C)nc4n3C)ccn2)CC1. The minimum Gasteiger partial charge on any atom is -0.490 e. The second-order valence-corrected chi connectivity index (χ2v) is 13.8. The van der Waals surface area contributed by atoms with Gasteiger partial charge in [0.05, 0.1) is 17.9 Å². The summed E-state index contributed by atoms with van der Waals surface area (Å²) in [4.78, 5) is 38.6. The lowest BCUT2D eigenvalue weighted by Gasteiger charge is -2.29. The second-order valence-electron chi connectivity index (χ2n) is 13.8. The van der Waals surface area contributed by atoms with Crippen LogP contribution in [0, 0.1) is 19.7 Å². The van der Waals surface area contributed by atoms with Gasteiger partial charge in [0.15, 0.2) is 17.7 Å². The van der Waals surface area contributed by atoms with Gasteiger partial charge in [-0.25, -0.2) is 19.2 Å². The molecule has 5 heterocycles. The quantitative estimate of drug-likeness (QED) is 0.254. The van der Waals surface area contributed by atoms with E-state index in [0.717, 1.165) is 54.1 Å². The first kappa shape index (κ1) is 33.4. The summed E-state index contributed by atoms with van der Waals surface area (Å²) in [5.41, 5.74) is 5.33. The van der Waals surface area contributed by atoms with E-state index in [1.54, 1.807) is 20.0 Å². The van der Waals surface area contributed by atoms with E-state index in [-0.39, 0.29) is 11.7 Å². The molecule has 1 unspecified atom stereocenters. The molecule has 1 saturated heterocycles. The van der Waals surface area contributed by atoms with Crippen LogP contribution in [0.4, 0.5) is 10.2 Å². The summed E-state index contributed by atoms with van der Waals surface area (Å²) < 4.78 is 29.7. The summed E-state index contributed by atoms with van der Waals surface area (Å²) in [6, 6.07) is 7.45. The number of hydrogen-bond donors (Lipinski definition) is 1. The number of amides is 1. The zero-order chi connectivity index (χ0) is 34.5. The molecule has 10 nitrogen and oxygen atoms in total. The molecule has 4 aromatic rings. The number of fused-ring (bicyclic) bond motifs is 2. The maximum atomic E-state index is 15.8. The number of aromatic nitrogens is 3. The zero-order valence-electron chi connectivity index (χ0n) is 28.8. The Morgan fingerprint density at radius 1 is 1.08 bits per heavy atom. The largest absolute Gasteiger partial charge is 0.490 e. The van der Waals surface area contributed by atoms with Crippen molar-refractivity contribution in [3.05, 3.63) is 58.7 Å². The first-order valence-corrected chi connectivity index (χ1v) is 16.6. The van der Waals surface area contributed by atoms with Gasteiger partial charge in [-0.2, -0.15) is 0 Å². The van der Waals surface area contributed by atoms with Gasteiger partial charge in [-0.15, -0.1) is 0 Å². The number of carbonyl (C=O) groups excluding carboxylic acids is 1. The van der Waals surface area contributed by atoms with Crippen LogP contribution >= 0.6 is 0 Å². The van der Waals surface area contributed by atoms with Crippen LogP contribution in [0.5, 0.6) is 5.75 Å². The maximum absolute atomic E-state index is 15.8. The first-order chi connectivity index (χ1) is 22.7. The Bertz CT molecular complexity index is 1910. The number of aryl methyl sites for hydroxylation is 2. The molecule has 48 heavy (non-hydrogen) atoms. The van der Waals surface area contributed by atoms with Gasteiger partial charge >= 0.3 is 5.97 Å². The second kappa shape index (κ2) is 12.8. The van der Waals surface area contributed by atoms with Crippen molar-refractivity contribution in [1.82, 2.24) is 19.4 Å². The van der Waals surface area contributed by atoms with Gasteiger partial charge in [-0.1, -0.05) is 0 Å². The third kappa shape index (κ3) is 6.23. The normalized spacial score (nSPS) is 16.0. The van der Waals surface area contributed by atoms with Gasteiger partial charge in [-0.3, -0.25) is 4.79 Å². The smallest absolute Gasteiger partial charge is 0.337 e. The van der Waals surface area contributed by atoms with Crippen LogP contribution < -0.4 is 9.64 Å². The molecule has 2 aliphatic heterocycles. The van der Waals surface area contributed by atoms with E-state index >= 15 is 4.39 Å². The Hall–Kier alpha value is -4.51. The lowest BCUT2D eigenvalue weighted by molar-refractivity contribution is -0.160. The molecule has 0 aliphatic carbocycles. The van der Waals surface area contributed by atoms with Crippen molar-refractivity contribution in [1.29, 1.82) is 0 Å². The van der Waals surface area contributed by atoms with Gasteiger partial charge in [0.25, 0.3) is 0 Å². The highest BCUT2D eigenvalue weighted by molar-refractivity contribution is 6.01. The Labute approximate surface area is 280 Å². The third-order valence-electron chi connectivity index (χ3n) is 9.37. The first-order valence-electron chi connectivity index (χ1n) is 16.6. The fourth-order valence-electron chi connectivity index (χ4n) is 7.06. The van der Waals surface area contributed by atoms with E-state index in [9.17, 15) is 14.7 Å². The summed E-state index contributed by atoms with van der Waals surface area (Å²) in [5.74, 6) is -0.467. The van der Waals surface area contributed by atoms with Gasteiger partial charge in [-0.05, 0) is 89.3 Å². The predicted molar refractivity (Wildman–Crippen MR) is 183 cm³/mol. The Morgan fingerprint density at radius 3 is 2.56 bits per heavy atom. The molecule has 1 amide bonds. The lowest BCUT2D eigenvalue weighted by atomic mass is 9.86. The molecule has 1 atom stereocenters.